The number of aromatic nitrogens is 2. The summed E-state index contributed by atoms with van der Waals surface area (Å²) in [5.74, 6) is 1.29. The number of aryl methyl sites for hydroxylation is 1. The Labute approximate surface area is 120 Å². The summed E-state index contributed by atoms with van der Waals surface area (Å²) < 4.78 is 5.05. The van der Waals surface area contributed by atoms with Crippen molar-refractivity contribution in [3.05, 3.63) is 11.8 Å². The van der Waals surface area contributed by atoms with E-state index < -0.39 is 0 Å². The Morgan fingerprint density at radius 1 is 1.45 bits per heavy atom. The Bertz CT molecular complexity index is 449. The largest absolute Gasteiger partial charge is 0.481 e. The summed E-state index contributed by atoms with van der Waals surface area (Å²) in [4.78, 5) is 20.2. The van der Waals surface area contributed by atoms with Gasteiger partial charge in [0, 0.05) is 18.2 Å². The molecule has 3 N–H and O–H groups in total. The number of amides is 1. The molecule has 0 fully saturated rings. The fraction of sp³-hybridized carbons (Fsp3) is 0.643. The molecule has 1 aromatic rings. The van der Waals surface area contributed by atoms with Crippen LogP contribution in [0.5, 0.6) is 5.88 Å². The van der Waals surface area contributed by atoms with Gasteiger partial charge in [-0.3, -0.25) is 10.1 Å². The quantitative estimate of drug-likeness (QED) is 0.794. The number of nitrogens with two attached hydrogens (primary N) is 1. The van der Waals surface area contributed by atoms with E-state index in [0.29, 0.717) is 24.8 Å². The summed E-state index contributed by atoms with van der Waals surface area (Å²) in [6, 6.07) is 1.71. The lowest BCUT2D eigenvalue weighted by Gasteiger charge is -2.16. The molecule has 1 atom stereocenters. The van der Waals surface area contributed by atoms with Gasteiger partial charge in [-0.25, -0.2) is 4.98 Å². The van der Waals surface area contributed by atoms with E-state index in [0.717, 1.165) is 12.1 Å². The molecule has 0 radical (unpaired) electrons. The number of carbonyl (C=O) groups excluding carboxylic acids is 1. The zero-order valence-electron chi connectivity index (χ0n) is 12.6. The van der Waals surface area contributed by atoms with Gasteiger partial charge in [-0.15, -0.1) is 0 Å². The van der Waals surface area contributed by atoms with Crippen molar-refractivity contribution in [2.45, 2.75) is 33.6 Å². The molecular weight excluding hydrogens is 256 g/mol. The van der Waals surface area contributed by atoms with Crippen LogP contribution < -0.4 is 15.8 Å². The molecular formula is C14H24N4O2. The molecule has 0 bridgehead atoms. The normalized spacial score (nSPS) is 12.3. The molecule has 0 saturated heterocycles. The second-order valence-electron chi connectivity index (χ2n) is 5.36. The Hall–Kier alpha value is -1.69. The Morgan fingerprint density at radius 3 is 2.70 bits per heavy atom. The highest BCUT2D eigenvalue weighted by molar-refractivity contribution is 5.89. The Morgan fingerprint density at radius 2 is 2.15 bits per heavy atom. The highest BCUT2D eigenvalue weighted by Gasteiger charge is 2.15. The van der Waals surface area contributed by atoms with Crippen LogP contribution in [0.3, 0.4) is 0 Å². The molecule has 112 valence electrons. The molecule has 6 nitrogen and oxygen atoms in total. The van der Waals surface area contributed by atoms with E-state index in [2.05, 4.69) is 29.1 Å². The van der Waals surface area contributed by atoms with Gasteiger partial charge >= 0.3 is 0 Å². The van der Waals surface area contributed by atoms with E-state index in [1.165, 1.54) is 7.11 Å². The van der Waals surface area contributed by atoms with Gasteiger partial charge in [0.15, 0.2) is 0 Å². The number of hydrogen-bond acceptors (Lipinski definition) is 5. The lowest BCUT2D eigenvalue weighted by molar-refractivity contribution is -0.117. The van der Waals surface area contributed by atoms with Gasteiger partial charge in [0.25, 0.3) is 0 Å². The standard InChI is InChI=1S/C14H24N4O2/c1-9(2)5-11(8-15)7-12(19)17-14-16-10(3)6-13(18-14)20-4/h6,9,11H,5,7-8,15H2,1-4H3,(H,16,17,18,19)/t11-/m0/s1. The molecule has 0 aromatic carbocycles. The highest BCUT2D eigenvalue weighted by atomic mass is 16.5. The smallest absolute Gasteiger partial charge is 0.232 e. The van der Waals surface area contributed by atoms with Crippen LogP contribution >= 0.6 is 0 Å². The van der Waals surface area contributed by atoms with E-state index in [-0.39, 0.29) is 17.8 Å². The zero-order chi connectivity index (χ0) is 15.1. The van der Waals surface area contributed by atoms with Crippen molar-refractivity contribution in [3.8, 4) is 5.88 Å². The summed E-state index contributed by atoms with van der Waals surface area (Å²) in [7, 11) is 1.53. The number of nitrogens with zero attached hydrogens (tertiary/aromatic N) is 2. The summed E-state index contributed by atoms with van der Waals surface area (Å²) in [6.07, 6.45) is 1.32. The molecule has 6 heteroatoms. The van der Waals surface area contributed by atoms with E-state index in [4.69, 9.17) is 10.5 Å². The lowest BCUT2D eigenvalue weighted by Crippen LogP contribution is -2.24. The molecule has 0 aliphatic rings. The van der Waals surface area contributed by atoms with Gasteiger partial charge in [0.2, 0.25) is 17.7 Å². The summed E-state index contributed by atoms with van der Waals surface area (Å²) in [6.45, 7) is 6.56. The maximum atomic E-state index is 12.0. The van der Waals surface area contributed by atoms with Crippen LogP contribution in [-0.4, -0.2) is 29.5 Å². The van der Waals surface area contributed by atoms with Crippen LogP contribution in [0.15, 0.2) is 6.07 Å². The fourth-order valence-corrected chi connectivity index (χ4v) is 2.07. The first-order valence-electron chi connectivity index (χ1n) is 6.84. The van der Waals surface area contributed by atoms with E-state index in [1.807, 2.05) is 6.92 Å². The molecule has 0 aliphatic carbocycles. The number of rotatable bonds is 7. The zero-order valence-corrected chi connectivity index (χ0v) is 12.6. The maximum Gasteiger partial charge on any atom is 0.232 e. The predicted octanol–water partition coefficient (Wildman–Crippen LogP) is 1.74. The Balaban J connectivity index is 2.63. The number of hydrogen-bond donors (Lipinski definition) is 2. The van der Waals surface area contributed by atoms with Crippen LogP contribution in [-0.2, 0) is 4.79 Å². The first kappa shape index (κ1) is 16.4. The average molecular weight is 280 g/mol. The minimum atomic E-state index is -0.117. The first-order valence-corrected chi connectivity index (χ1v) is 6.84. The SMILES string of the molecule is COc1cc(C)nc(NC(=O)C[C@@H](CN)CC(C)C)n1. The summed E-state index contributed by atoms with van der Waals surface area (Å²) in [5, 5.41) is 2.70. The topological polar surface area (TPSA) is 90.1 Å². The van der Waals surface area contributed by atoms with E-state index in [9.17, 15) is 4.79 Å². The second-order valence-corrected chi connectivity index (χ2v) is 5.36. The molecule has 1 aromatic heterocycles. The fourth-order valence-electron chi connectivity index (χ4n) is 2.07. The van der Waals surface area contributed by atoms with Gasteiger partial charge < -0.3 is 10.5 Å². The van der Waals surface area contributed by atoms with Gasteiger partial charge in [-0.2, -0.15) is 4.98 Å². The third-order valence-electron chi connectivity index (χ3n) is 2.90. The predicted molar refractivity (Wildman–Crippen MR) is 78.6 cm³/mol. The number of nitrogens with one attached hydrogen (secondary N) is 1. The van der Waals surface area contributed by atoms with Gasteiger partial charge in [-0.05, 0) is 31.7 Å². The maximum absolute atomic E-state index is 12.0. The first-order chi connectivity index (χ1) is 9.44. The number of methoxy groups -OCH3 is 1. The van der Waals surface area contributed by atoms with Gasteiger partial charge in [-0.1, -0.05) is 13.8 Å². The summed E-state index contributed by atoms with van der Waals surface area (Å²) >= 11 is 0. The molecule has 20 heavy (non-hydrogen) atoms. The van der Waals surface area contributed by atoms with Gasteiger partial charge in [0.05, 0.1) is 7.11 Å². The lowest BCUT2D eigenvalue weighted by atomic mass is 9.94. The molecule has 1 heterocycles. The van der Waals surface area contributed by atoms with Crippen LogP contribution in [0.2, 0.25) is 0 Å². The molecule has 0 unspecified atom stereocenters. The van der Waals surface area contributed by atoms with Crippen molar-refractivity contribution in [1.29, 1.82) is 0 Å². The molecule has 1 rings (SSSR count). The van der Waals surface area contributed by atoms with Crippen molar-refractivity contribution < 1.29 is 9.53 Å². The van der Waals surface area contributed by atoms with Crippen LogP contribution in [0, 0.1) is 18.8 Å². The third-order valence-corrected chi connectivity index (χ3v) is 2.90. The molecule has 1 amide bonds. The van der Waals surface area contributed by atoms with Crippen molar-refractivity contribution >= 4 is 11.9 Å². The highest BCUT2D eigenvalue weighted by Crippen LogP contribution is 2.16. The molecule has 0 spiro atoms. The van der Waals surface area contributed by atoms with Crippen molar-refractivity contribution in [3.63, 3.8) is 0 Å². The number of anilines is 1. The van der Waals surface area contributed by atoms with Crippen molar-refractivity contribution in [1.82, 2.24) is 9.97 Å². The number of carbonyl (C=O) groups is 1. The third kappa shape index (κ3) is 5.52. The minimum Gasteiger partial charge on any atom is -0.481 e. The molecule has 0 saturated carbocycles. The van der Waals surface area contributed by atoms with Crippen molar-refractivity contribution in [2.24, 2.45) is 17.6 Å². The van der Waals surface area contributed by atoms with E-state index in [1.54, 1.807) is 6.07 Å². The minimum absolute atomic E-state index is 0.117. The summed E-state index contributed by atoms with van der Waals surface area (Å²) in [5.41, 5.74) is 6.44. The van der Waals surface area contributed by atoms with Crippen LogP contribution in [0.1, 0.15) is 32.4 Å². The van der Waals surface area contributed by atoms with Crippen LogP contribution in [0.25, 0.3) is 0 Å². The average Bonchev–Trinajstić information content (AvgIpc) is 2.36. The van der Waals surface area contributed by atoms with E-state index >= 15 is 0 Å². The molecule has 0 aliphatic heterocycles. The second kappa shape index (κ2) is 7.79. The number of ether oxygens (including phenoxy) is 1. The van der Waals surface area contributed by atoms with Crippen molar-refractivity contribution in [2.75, 3.05) is 19.0 Å². The monoisotopic (exact) mass is 280 g/mol. The van der Waals surface area contributed by atoms with Gasteiger partial charge in [0.1, 0.15) is 0 Å². The van der Waals surface area contributed by atoms with Crippen LogP contribution in [0.4, 0.5) is 5.95 Å². The Kier molecular flexibility index (Phi) is 6.38.